The number of nitrogens with zero attached hydrogens (tertiary/aromatic N) is 5. The van der Waals surface area contributed by atoms with Crippen molar-refractivity contribution in [2.45, 2.75) is 9.46 Å². The van der Waals surface area contributed by atoms with Crippen molar-refractivity contribution in [3.05, 3.63) is 77.8 Å². The van der Waals surface area contributed by atoms with Crippen LogP contribution in [-0.2, 0) is 9.84 Å². The van der Waals surface area contributed by atoms with Crippen LogP contribution in [0.4, 0.5) is 11.5 Å². The zero-order valence-corrected chi connectivity index (χ0v) is 19.3. The molecule has 4 aromatic rings. The molecule has 166 valence electrons. The first-order valence-electron chi connectivity index (χ1n) is 10.6. The molecule has 2 aromatic heterocycles. The van der Waals surface area contributed by atoms with Crippen molar-refractivity contribution in [3.8, 4) is 6.07 Å². The Labute approximate surface area is 196 Å². The van der Waals surface area contributed by atoms with Crippen LogP contribution in [0, 0.1) is 11.3 Å². The minimum Gasteiger partial charge on any atom is -0.368 e. The topological polar surface area (TPSA) is 90.2 Å². The lowest BCUT2D eigenvalue weighted by Crippen LogP contribution is -2.47. The number of benzene rings is 2. The van der Waals surface area contributed by atoms with Crippen molar-refractivity contribution < 1.29 is 8.42 Å². The molecule has 1 atom stereocenters. The number of hydrogen-bond acceptors (Lipinski definition) is 8. The van der Waals surface area contributed by atoms with Gasteiger partial charge in [-0.3, -0.25) is 0 Å². The second-order valence-electron chi connectivity index (χ2n) is 7.72. The Kier molecular flexibility index (Phi) is 5.70. The Bertz CT molecular complexity index is 1410. The average molecular weight is 476 g/mol. The molecule has 0 amide bonds. The third-order valence-electron chi connectivity index (χ3n) is 5.73. The Morgan fingerprint density at radius 3 is 2.12 bits per heavy atom. The standard InChI is InChI=1S/C24H21N5O2S2/c25-17-21(33(30,31)22-11-6-16-32-22)23-24(27-20-10-5-4-9-19(20)26-23)29-14-12-28(13-15-29)18-7-2-1-3-8-18/h1-11,16,21H,12-15H2. The molecule has 1 aliphatic heterocycles. The highest BCUT2D eigenvalue weighted by molar-refractivity contribution is 7.93. The molecule has 1 saturated heterocycles. The molecular formula is C24H21N5O2S2. The van der Waals surface area contributed by atoms with Crippen molar-refractivity contribution in [3.63, 3.8) is 0 Å². The molecule has 1 aliphatic rings. The number of fused-ring (bicyclic) bond motifs is 1. The highest BCUT2D eigenvalue weighted by Crippen LogP contribution is 2.35. The van der Waals surface area contributed by atoms with Gasteiger partial charge in [-0.2, -0.15) is 5.26 Å². The molecule has 33 heavy (non-hydrogen) atoms. The first kappa shape index (κ1) is 21.4. The minimum atomic E-state index is -3.93. The highest BCUT2D eigenvalue weighted by Gasteiger charge is 2.36. The molecule has 0 spiro atoms. The summed E-state index contributed by atoms with van der Waals surface area (Å²) >= 11 is 1.10. The lowest BCUT2D eigenvalue weighted by atomic mass is 10.2. The fourth-order valence-corrected chi connectivity index (χ4v) is 6.58. The summed E-state index contributed by atoms with van der Waals surface area (Å²) in [7, 11) is -3.93. The summed E-state index contributed by atoms with van der Waals surface area (Å²) < 4.78 is 26.8. The Morgan fingerprint density at radius 1 is 0.848 bits per heavy atom. The number of anilines is 2. The quantitative estimate of drug-likeness (QED) is 0.430. The van der Waals surface area contributed by atoms with Crippen LogP contribution in [0.3, 0.4) is 0 Å². The van der Waals surface area contributed by atoms with Crippen LogP contribution in [0.15, 0.2) is 76.3 Å². The summed E-state index contributed by atoms with van der Waals surface area (Å²) in [6.07, 6.45) is 0. The molecule has 3 heterocycles. The van der Waals surface area contributed by atoms with E-state index in [4.69, 9.17) is 4.98 Å². The largest absolute Gasteiger partial charge is 0.368 e. The van der Waals surface area contributed by atoms with E-state index in [0.29, 0.717) is 29.9 Å². The first-order valence-corrected chi connectivity index (χ1v) is 13.0. The van der Waals surface area contributed by atoms with Gasteiger partial charge in [0.1, 0.15) is 9.90 Å². The van der Waals surface area contributed by atoms with Gasteiger partial charge < -0.3 is 9.80 Å². The summed E-state index contributed by atoms with van der Waals surface area (Å²) in [5.41, 5.74) is 2.59. The molecule has 1 fully saturated rings. The Hall–Kier alpha value is -3.48. The number of sulfone groups is 1. The van der Waals surface area contributed by atoms with Gasteiger partial charge in [0.2, 0.25) is 9.84 Å². The van der Waals surface area contributed by atoms with Gasteiger partial charge >= 0.3 is 0 Å². The number of piperazine rings is 1. The molecule has 0 radical (unpaired) electrons. The smallest absolute Gasteiger partial charge is 0.209 e. The zero-order chi connectivity index (χ0) is 22.8. The number of para-hydroxylation sites is 3. The Balaban J connectivity index is 1.55. The molecule has 5 rings (SSSR count). The van der Waals surface area contributed by atoms with Gasteiger partial charge in [-0.25, -0.2) is 18.4 Å². The summed E-state index contributed by atoms with van der Waals surface area (Å²) in [6.45, 7) is 2.80. The molecular weight excluding hydrogens is 454 g/mol. The number of aromatic nitrogens is 2. The lowest BCUT2D eigenvalue weighted by Gasteiger charge is -2.37. The summed E-state index contributed by atoms with van der Waals surface area (Å²) in [6, 6.07) is 22.7. The molecule has 0 bridgehead atoms. The summed E-state index contributed by atoms with van der Waals surface area (Å²) in [5.74, 6) is 0.466. The van der Waals surface area contributed by atoms with Crippen LogP contribution in [0.5, 0.6) is 0 Å². The second kappa shape index (κ2) is 8.81. The average Bonchev–Trinajstić information content (AvgIpc) is 3.41. The molecule has 0 aliphatic carbocycles. The van der Waals surface area contributed by atoms with Crippen molar-refractivity contribution >= 4 is 43.7 Å². The highest BCUT2D eigenvalue weighted by atomic mass is 32.2. The van der Waals surface area contributed by atoms with Crippen LogP contribution in [-0.4, -0.2) is 44.6 Å². The van der Waals surface area contributed by atoms with Gasteiger partial charge in [0, 0.05) is 31.9 Å². The predicted molar refractivity (Wildman–Crippen MR) is 130 cm³/mol. The van der Waals surface area contributed by atoms with Gasteiger partial charge in [-0.05, 0) is 35.7 Å². The predicted octanol–water partition coefficient (Wildman–Crippen LogP) is 4.06. The lowest BCUT2D eigenvalue weighted by molar-refractivity contribution is 0.591. The van der Waals surface area contributed by atoms with Crippen molar-refractivity contribution in [2.24, 2.45) is 0 Å². The van der Waals surface area contributed by atoms with Crippen LogP contribution in [0.25, 0.3) is 11.0 Å². The third-order valence-corrected chi connectivity index (χ3v) is 9.02. The van der Waals surface area contributed by atoms with Gasteiger partial charge in [0.25, 0.3) is 0 Å². The van der Waals surface area contributed by atoms with Crippen molar-refractivity contribution in [1.29, 1.82) is 5.26 Å². The first-order chi connectivity index (χ1) is 16.1. The van der Waals surface area contributed by atoms with Gasteiger partial charge in [-0.15, -0.1) is 11.3 Å². The second-order valence-corrected chi connectivity index (χ2v) is 10.9. The van der Waals surface area contributed by atoms with Gasteiger partial charge in [-0.1, -0.05) is 36.4 Å². The fraction of sp³-hybridized carbons (Fsp3) is 0.208. The normalized spacial score (nSPS) is 15.4. The van der Waals surface area contributed by atoms with E-state index in [1.54, 1.807) is 17.5 Å². The van der Waals surface area contributed by atoms with Crippen LogP contribution in [0.1, 0.15) is 10.9 Å². The van der Waals surface area contributed by atoms with E-state index in [1.165, 1.54) is 6.07 Å². The van der Waals surface area contributed by atoms with E-state index in [0.717, 1.165) is 30.1 Å². The Morgan fingerprint density at radius 2 is 1.48 bits per heavy atom. The zero-order valence-electron chi connectivity index (χ0n) is 17.7. The fourth-order valence-electron chi connectivity index (χ4n) is 4.05. The van der Waals surface area contributed by atoms with Gasteiger partial charge in [0.05, 0.1) is 17.1 Å². The van der Waals surface area contributed by atoms with E-state index in [9.17, 15) is 13.7 Å². The number of nitriles is 1. The van der Waals surface area contributed by atoms with E-state index >= 15 is 0 Å². The number of thiophene rings is 1. The summed E-state index contributed by atoms with van der Waals surface area (Å²) in [4.78, 5) is 13.8. The molecule has 9 heteroatoms. The third kappa shape index (κ3) is 4.03. The maximum absolute atomic E-state index is 13.3. The summed E-state index contributed by atoms with van der Waals surface area (Å²) in [5, 5.41) is 10.2. The molecule has 7 nitrogen and oxygen atoms in total. The molecule has 2 aromatic carbocycles. The molecule has 0 saturated carbocycles. The molecule has 0 N–H and O–H groups in total. The van der Waals surface area contributed by atoms with E-state index in [-0.39, 0.29) is 9.90 Å². The van der Waals surface area contributed by atoms with E-state index < -0.39 is 15.1 Å². The van der Waals surface area contributed by atoms with Crippen molar-refractivity contribution in [2.75, 3.05) is 36.0 Å². The van der Waals surface area contributed by atoms with Crippen LogP contribution in [0.2, 0.25) is 0 Å². The number of hydrogen-bond donors (Lipinski definition) is 0. The minimum absolute atomic E-state index is 0.156. The monoisotopic (exact) mass is 475 g/mol. The maximum Gasteiger partial charge on any atom is 0.209 e. The van der Waals surface area contributed by atoms with Gasteiger partial charge in [0.15, 0.2) is 11.1 Å². The van der Waals surface area contributed by atoms with E-state index in [2.05, 4.69) is 22.0 Å². The van der Waals surface area contributed by atoms with Crippen LogP contribution < -0.4 is 9.80 Å². The number of rotatable bonds is 5. The van der Waals surface area contributed by atoms with Crippen LogP contribution >= 0.6 is 11.3 Å². The van der Waals surface area contributed by atoms with E-state index in [1.807, 2.05) is 47.4 Å². The maximum atomic E-state index is 13.3. The SMILES string of the molecule is N#CC(c1nc2ccccc2nc1N1CCN(c2ccccc2)CC1)S(=O)(=O)c1cccs1. The molecule has 1 unspecified atom stereocenters. The van der Waals surface area contributed by atoms with Crippen molar-refractivity contribution in [1.82, 2.24) is 9.97 Å².